The predicted octanol–water partition coefficient (Wildman–Crippen LogP) is 0.149. The summed E-state index contributed by atoms with van der Waals surface area (Å²) in [4.78, 5) is 11.9. The number of aliphatic hydroxyl groups excluding tert-OH is 2. The highest BCUT2D eigenvalue weighted by Crippen LogP contribution is 2.22. The van der Waals surface area contributed by atoms with Gasteiger partial charge in [0, 0.05) is 18.3 Å². The largest absolute Gasteiger partial charge is 0.395 e. The van der Waals surface area contributed by atoms with Gasteiger partial charge in [0.25, 0.3) is 0 Å². The summed E-state index contributed by atoms with van der Waals surface area (Å²) in [7, 11) is 0. The van der Waals surface area contributed by atoms with E-state index in [2.05, 4.69) is 10.6 Å². The maximum absolute atomic E-state index is 10.9. The average molecular weight is 244 g/mol. The van der Waals surface area contributed by atoms with Gasteiger partial charge < -0.3 is 20.8 Å². The Hall–Kier alpha value is -0.950. The molecule has 1 aromatic rings. The molecule has 0 fully saturated rings. The Morgan fingerprint density at radius 1 is 1.50 bits per heavy atom. The van der Waals surface area contributed by atoms with E-state index in [0.717, 1.165) is 10.6 Å². The number of amides is 1. The van der Waals surface area contributed by atoms with Crippen molar-refractivity contribution in [1.82, 2.24) is 5.32 Å². The van der Waals surface area contributed by atoms with Crippen molar-refractivity contribution in [2.45, 2.75) is 19.5 Å². The molecule has 6 heteroatoms. The molecule has 0 unspecified atom stereocenters. The van der Waals surface area contributed by atoms with Crippen LogP contribution in [0.4, 0.5) is 5.69 Å². The average Bonchev–Trinajstić information content (AvgIpc) is 2.66. The summed E-state index contributed by atoms with van der Waals surface area (Å²) in [5.74, 6) is -0.111. The molecule has 0 spiro atoms. The van der Waals surface area contributed by atoms with Crippen LogP contribution >= 0.6 is 11.3 Å². The summed E-state index contributed by atoms with van der Waals surface area (Å²) in [6, 6.07) is 1.50. The number of nitrogens with one attached hydrogen (secondary N) is 2. The van der Waals surface area contributed by atoms with E-state index in [1.54, 1.807) is 0 Å². The third-order valence-corrected chi connectivity index (χ3v) is 2.97. The van der Waals surface area contributed by atoms with E-state index >= 15 is 0 Å². The van der Waals surface area contributed by atoms with E-state index in [4.69, 9.17) is 10.2 Å². The lowest BCUT2D eigenvalue weighted by Gasteiger charge is -2.13. The van der Waals surface area contributed by atoms with Crippen molar-refractivity contribution in [3.8, 4) is 0 Å². The Kier molecular flexibility index (Phi) is 5.41. The van der Waals surface area contributed by atoms with Gasteiger partial charge in [-0.2, -0.15) is 0 Å². The van der Waals surface area contributed by atoms with Gasteiger partial charge in [0.15, 0.2) is 0 Å². The van der Waals surface area contributed by atoms with Crippen LogP contribution in [0.3, 0.4) is 0 Å². The zero-order valence-corrected chi connectivity index (χ0v) is 9.88. The fourth-order valence-corrected chi connectivity index (χ4v) is 1.98. The van der Waals surface area contributed by atoms with Crippen LogP contribution in [0.1, 0.15) is 11.8 Å². The lowest BCUT2D eigenvalue weighted by Crippen LogP contribution is -2.35. The van der Waals surface area contributed by atoms with Gasteiger partial charge >= 0.3 is 0 Å². The first-order valence-corrected chi connectivity index (χ1v) is 5.84. The Morgan fingerprint density at radius 2 is 2.19 bits per heavy atom. The predicted molar refractivity (Wildman–Crippen MR) is 63.4 cm³/mol. The molecule has 90 valence electrons. The van der Waals surface area contributed by atoms with Gasteiger partial charge in [-0.1, -0.05) is 0 Å². The van der Waals surface area contributed by atoms with Crippen molar-refractivity contribution in [2.24, 2.45) is 0 Å². The van der Waals surface area contributed by atoms with Gasteiger partial charge in [-0.05, 0) is 11.4 Å². The van der Waals surface area contributed by atoms with Crippen molar-refractivity contribution in [2.75, 3.05) is 18.5 Å². The third kappa shape index (κ3) is 3.90. The second-order valence-electron chi connectivity index (χ2n) is 3.38. The maximum Gasteiger partial charge on any atom is 0.221 e. The minimum absolute atomic E-state index is 0.111. The summed E-state index contributed by atoms with van der Waals surface area (Å²) in [6.45, 7) is 1.74. The van der Waals surface area contributed by atoms with Gasteiger partial charge in [-0.3, -0.25) is 4.79 Å². The number of carbonyl (C=O) groups excluding carboxylic acids is 1. The van der Waals surface area contributed by atoms with Crippen LogP contribution in [0.15, 0.2) is 11.4 Å². The van der Waals surface area contributed by atoms with Gasteiger partial charge in [0.2, 0.25) is 5.91 Å². The zero-order valence-electron chi connectivity index (χ0n) is 9.06. The third-order valence-electron chi connectivity index (χ3n) is 2.05. The normalized spacial score (nSPS) is 10.8. The van der Waals surface area contributed by atoms with Gasteiger partial charge in [-0.15, -0.1) is 11.3 Å². The highest BCUT2D eigenvalue weighted by atomic mass is 32.1. The van der Waals surface area contributed by atoms with Crippen LogP contribution in [-0.4, -0.2) is 35.4 Å². The van der Waals surface area contributed by atoms with E-state index in [1.807, 2.05) is 11.4 Å². The van der Waals surface area contributed by atoms with Crippen molar-refractivity contribution in [3.63, 3.8) is 0 Å². The molecule has 0 aliphatic heterocycles. The lowest BCUT2D eigenvalue weighted by atomic mass is 10.3. The van der Waals surface area contributed by atoms with Crippen molar-refractivity contribution >= 4 is 22.9 Å². The van der Waals surface area contributed by atoms with Crippen LogP contribution in [-0.2, 0) is 11.3 Å². The van der Waals surface area contributed by atoms with Crippen LogP contribution in [0.25, 0.3) is 0 Å². The summed E-state index contributed by atoms with van der Waals surface area (Å²) in [5, 5.41) is 25.4. The second kappa shape index (κ2) is 6.59. The highest BCUT2D eigenvalue weighted by molar-refractivity contribution is 7.10. The molecule has 0 radical (unpaired) electrons. The SMILES string of the molecule is CC(=O)Nc1ccsc1CNC(CO)CO. The number of carbonyl (C=O) groups is 1. The fraction of sp³-hybridized carbons (Fsp3) is 0.500. The Bertz CT molecular complexity index is 337. The van der Waals surface area contributed by atoms with Gasteiger partial charge in [0.05, 0.1) is 24.9 Å². The molecule has 0 aromatic carbocycles. The molecule has 0 atom stereocenters. The topological polar surface area (TPSA) is 81.6 Å². The molecule has 1 heterocycles. The minimum Gasteiger partial charge on any atom is -0.395 e. The van der Waals surface area contributed by atoms with Gasteiger partial charge in [0.1, 0.15) is 0 Å². The summed E-state index contributed by atoms with van der Waals surface area (Å²) < 4.78 is 0. The van der Waals surface area contributed by atoms with Crippen LogP contribution in [0.5, 0.6) is 0 Å². The van der Waals surface area contributed by atoms with Crippen molar-refractivity contribution < 1.29 is 15.0 Å². The van der Waals surface area contributed by atoms with Crippen molar-refractivity contribution in [3.05, 3.63) is 16.3 Å². The first-order valence-electron chi connectivity index (χ1n) is 4.96. The molecule has 1 rings (SSSR count). The number of thiophene rings is 1. The molecule has 1 aromatic heterocycles. The molecule has 0 aliphatic carbocycles. The number of hydrogen-bond acceptors (Lipinski definition) is 5. The first kappa shape index (κ1) is 13.1. The Labute approximate surface area is 98.1 Å². The van der Waals surface area contributed by atoms with Crippen LogP contribution in [0.2, 0.25) is 0 Å². The molecular weight excluding hydrogens is 228 g/mol. The van der Waals surface area contributed by atoms with Gasteiger partial charge in [-0.25, -0.2) is 0 Å². The monoisotopic (exact) mass is 244 g/mol. The van der Waals surface area contributed by atoms with Crippen LogP contribution < -0.4 is 10.6 Å². The van der Waals surface area contributed by atoms with E-state index in [9.17, 15) is 4.79 Å². The molecule has 4 N–H and O–H groups in total. The maximum atomic E-state index is 10.9. The lowest BCUT2D eigenvalue weighted by molar-refractivity contribution is -0.114. The molecule has 16 heavy (non-hydrogen) atoms. The van der Waals surface area contributed by atoms with E-state index in [1.165, 1.54) is 18.3 Å². The summed E-state index contributed by atoms with van der Waals surface area (Å²) in [6.07, 6.45) is 0. The molecular formula is C10H16N2O3S. The zero-order chi connectivity index (χ0) is 12.0. The molecule has 1 amide bonds. The van der Waals surface area contributed by atoms with Crippen LogP contribution in [0, 0.1) is 0 Å². The van der Waals surface area contributed by atoms with Crippen molar-refractivity contribution in [1.29, 1.82) is 0 Å². The second-order valence-corrected chi connectivity index (χ2v) is 4.38. The highest BCUT2D eigenvalue weighted by Gasteiger charge is 2.09. The standard InChI is InChI=1S/C10H16N2O3S/c1-7(15)12-9-2-3-16-10(9)4-11-8(5-13)6-14/h2-3,8,11,13-14H,4-6H2,1H3,(H,12,15). The molecule has 0 aliphatic rings. The van der Waals surface area contributed by atoms with E-state index in [0.29, 0.717) is 6.54 Å². The fourth-order valence-electron chi connectivity index (χ4n) is 1.20. The number of aliphatic hydroxyl groups is 2. The smallest absolute Gasteiger partial charge is 0.221 e. The minimum atomic E-state index is -0.327. The molecule has 0 bridgehead atoms. The summed E-state index contributed by atoms with van der Waals surface area (Å²) >= 11 is 1.51. The summed E-state index contributed by atoms with van der Waals surface area (Å²) in [5.41, 5.74) is 0.777. The molecule has 5 nitrogen and oxygen atoms in total. The quantitative estimate of drug-likeness (QED) is 0.574. The number of hydrogen-bond donors (Lipinski definition) is 4. The van der Waals surface area contributed by atoms with E-state index in [-0.39, 0.29) is 25.2 Å². The number of rotatable bonds is 6. The Morgan fingerprint density at radius 3 is 2.75 bits per heavy atom. The van der Waals surface area contributed by atoms with E-state index < -0.39 is 0 Å². The molecule has 0 saturated carbocycles. The first-order chi connectivity index (χ1) is 7.67. The Balaban J connectivity index is 2.53. The number of anilines is 1. The molecule has 0 saturated heterocycles.